The molecule has 4 heteroatoms. The van der Waals surface area contributed by atoms with Gasteiger partial charge in [0.15, 0.2) is 0 Å². The van der Waals surface area contributed by atoms with Crippen LogP contribution < -0.4 is 10.2 Å². The van der Waals surface area contributed by atoms with Crippen LogP contribution in [0.25, 0.3) is 0 Å². The molecule has 1 aliphatic heterocycles. The number of nitrogens with one attached hydrogen (secondary N) is 1. The van der Waals surface area contributed by atoms with Crippen LogP contribution in [0.2, 0.25) is 0 Å². The van der Waals surface area contributed by atoms with Gasteiger partial charge in [0.05, 0.1) is 5.69 Å². The Kier molecular flexibility index (Phi) is 4.42. The highest BCUT2D eigenvalue weighted by atomic mass is 16.4. The SMILES string of the molecule is CC(C)CNCc1coc(N2CCCCC2)n1. The van der Waals surface area contributed by atoms with Crippen molar-refractivity contribution in [2.24, 2.45) is 5.92 Å². The molecule has 1 N–H and O–H groups in total. The van der Waals surface area contributed by atoms with Crippen LogP contribution in [-0.4, -0.2) is 24.6 Å². The maximum Gasteiger partial charge on any atom is 0.297 e. The third-order valence-corrected chi connectivity index (χ3v) is 3.02. The Bertz CT molecular complexity index is 329. The Morgan fingerprint density at radius 2 is 2.12 bits per heavy atom. The van der Waals surface area contributed by atoms with Crippen LogP contribution in [0, 0.1) is 5.92 Å². The first-order valence-corrected chi connectivity index (χ1v) is 6.66. The van der Waals surface area contributed by atoms with Crippen LogP contribution in [-0.2, 0) is 6.54 Å². The van der Waals surface area contributed by atoms with E-state index in [2.05, 4.69) is 29.0 Å². The maximum absolute atomic E-state index is 5.54. The molecule has 0 spiro atoms. The minimum atomic E-state index is 0.670. The second-order valence-electron chi connectivity index (χ2n) is 5.19. The predicted molar refractivity (Wildman–Crippen MR) is 69.1 cm³/mol. The maximum atomic E-state index is 5.54. The molecule has 1 aromatic rings. The van der Waals surface area contributed by atoms with Crippen molar-refractivity contribution in [3.05, 3.63) is 12.0 Å². The summed E-state index contributed by atoms with van der Waals surface area (Å²) in [5, 5.41) is 3.38. The molecule has 0 aromatic carbocycles. The summed E-state index contributed by atoms with van der Waals surface area (Å²) in [7, 11) is 0. The third-order valence-electron chi connectivity index (χ3n) is 3.02. The fourth-order valence-corrected chi connectivity index (χ4v) is 2.10. The van der Waals surface area contributed by atoms with E-state index in [-0.39, 0.29) is 0 Å². The Labute approximate surface area is 103 Å². The van der Waals surface area contributed by atoms with Crippen LogP contribution in [0.1, 0.15) is 38.8 Å². The van der Waals surface area contributed by atoms with Crippen molar-refractivity contribution in [1.82, 2.24) is 10.3 Å². The number of hydrogen-bond donors (Lipinski definition) is 1. The lowest BCUT2D eigenvalue weighted by molar-refractivity contribution is 0.491. The lowest BCUT2D eigenvalue weighted by Crippen LogP contribution is -2.29. The van der Waals surface area contributed by atoms with Crippen molar-refractivity contribution in [3.63, 3.8) is 0 Å². The van der Waals surface area contributed by atoms with Crippen LogP contribution in [0.3, 0.4) is 0 Å². The number of rotatable bonds is 5. The lowest BCUT2D eigenvalue weighted by atomic mass is 10.1. The van der Waals surface area contributed by atoms with Gasteiger partial charge in [0.2, 0.25) is 0 Å². The first-order valence-electron chi connectivity index (χ1n) is 6.66. The first kappa shape index (κ1) is 12.4. The van der Waals surface area contributed by atoms with Gasteiger partial charge in [0, 0.05) is 19.6 Å². The van der Waals surface area contributed by atoms with Crippen molar-refractivity contribution in [1.29, 1.82) is 0 Å². The van der Waals surface area contributed by atoms with Gasteiger partial charge in [0.25, 0.3) is 6.01 Å². The average Bonchev–Trinajstić information content (AvgIpc) is 2.78. The van der Waals surface area contributed by atoms with Gasteiger partial charge in [0.1, 0.15) is 6.26 Å². The van der Waals surface area contributed by atoms with Gasteiger partial charge < -0.3 is 14.6 Å². The summed E-state index contributed by atoms with van der Waals surface area (Å²) in [4.78, 5) is 6.77. The Morgan fingerprint density at radius 1 is 1.35 bits per heavy atom. The highest BCUT2D eigenvalue weighted by Gasteiger charge is 2.15. The van der Waals surface area contributed by atoms with Crippen LogP contribution in [0.15, 0.2) is 10.7 Å². The highest BCUT2D eigenvalue weighted by molar-refractivity contribution is 5.27. The van der Waals surface area contributed by atoms with Crippen molar-refractivity contribution < 1.29 is 4.42 Å². The summed E-state index contributed by atoms with van der Waals surface area (Å²) in [6.07, 6.45) is 5.61. The van der Waals surface area contributed by atoms with Gasteiger partial charge in [-0.05, 0) is 31.7 Å². The predicted octanol–water partition coefficient (Wildman–Crippen LogP) is 2.41. The smallest absolute Gasteiger partial charge is 0.297 e. The van der Waals surface area contributed by atoms with Gasteiger partial charge in [-0.3, -0.25) is 0 Å². The molecule has 2 rings (SSSR count). The number of aromatic nitrogens is 1. The summed E-state index contributed by atoms with van der Waals surface area (Å²) in [6.45, 7) is 8.39. The summed E-state index contributed by atoms with van der Waals surface area (Å²) < 4.78 is 5.54. The molecule has 1 aromatic heterocycles. The van der Waals surface area contributed by atoms with Crippen molar-refractivity contribution in [3.8, 4) is 0 Å². The standard InChI is InChI=1S/C13H23N3O/c1-11(2)8-14-9-12-10-17-13(15-12)16-6-4-3-5-7-16/h10-11,14H,3-9H2,1-2H3. The first-order chi connectivity index (χ1) is 8.25. The normalized spacial score (nSPS) is 16.8. The van der Waals surface area contributed by atoms with E-state index in [4.69, 9.17) is 4.42 Å². The van der Waals surface area contributed by atoms with E-state index in [0.29, 0.717) is 5.92 Å². The largest absolute Gasteiger partial charge is 0.432 e. The van der Waals surface area contributed by atoms with Crippen molar-refractivity contribution >= 4 is 6.01 Å². The second kappa shape index (κ2) is 6.05. The Morgan fingerprint density at radius 3 is 2.82 bits per heavy atom. The van der Waals surface area contributed by atoms with Gasteiger partial charge in [-0.1, -0.05) is 13.8 Å². The van der Waals surface area contributed by atoms with E-state index in [1.165, 1.54) is 19.3 Å². The quantitative estimate of drug-likeness (QED) is 0.854. The molecule has 0 aliphatic carbocycles. The van der Waals surface area contributed by atoms with E-state index < -0.39 is 0 Å². The van der Waals surface area contributed by atoms with E-state index in [1.54, 1.807) is 6.26 Å². The van der Waals surface area contributed by atoms with Gasteiger partial charge in [-0.2, -0.15) is 4.98 Å². The molecule has 2 heterocycles. The summed E-state index contributed by atoms with van der Waals surface area (Å²) in [5.41, 5.74) is 1.01. The van der Waals surface area contributed by atoms with E-state index in [9.17, 15) is 0 Å². The topological polar surface area (TPSA) is 41.3 Å². The van der Waals surface area contributed by atoms with Crippen LogP contribution in [0.5, 0.6) is 0 Å². The zero-order valence-corrected chi connectivity index (χ0v) is 10.9. The Balaban J connectivity index is 1.82. The average molecular weight is 237 g/mol. The molecule has 1 saturated heterocycles. The zero-order valence-electron chi connectivity index (χ0n) is 10.9. The number of hydrogen-bond acceptors (Lipinski definition) is 4. The molecule has 4 nitrogen and oxygen atoms in total. The monoisotopic (exact) mass is 237 g/mol. The molecule has 1 fully saturated rings. The molecule has 0 saturated carbocycles. The van der Waals surface area contributed by atoms with Crippen LogP contribution >= 0.6 is 0 Å². The van der Waals surface area contributed by atoms with Gasteiger partial charge >= 0.3 is 0 Å². The Hall–Kier alpha value is -1.03. The number of anilines is 1. The minimum Gasteiger partial charge on any atom is -0.432 e. The minimum absolute atomic E-state index is 0.670. The molecular weight excluding hydrogens is 214 g/mol. The number of oxazole rings is 1. The molecular formula is C13H23N3O. The molecule has 17 heavy (non-hydrogen) atoms. The number of piperidine rings is 1. The summed E-state index contributed by atoms with van der Waals surface area (Å²) in [5.74, 6) is 0.670. The van der Waals surface area contributed by atoms with Crippen molar-refractivity contribution in [2.45, 2.75) is 39.7 Å². The number of nitrogens with zero attached hydrogens (tertiary/aromatic N) is 2. The third kappa shape index (κ3) is 3.73. The molecule has 0 unspecified atom stereocenters. The molecule has 1 aliphatic rings. The molecule has 0 bridgehead atoms. The fraction of sp³-hybridized carbons (Fsp3) is 0.769. The van der Waals surface area contributed by atoms with E-state index in [0.717, 1.165) is 37.9 Å². The van der Waals surface area contributed by atoms with E-state index in [1.807, 2.05) is 0 Å². The van der Waals surface area contributed by atoms with Crippen molar-refractivity contribution in [2.75, 3.05) is 24.5 Å². The fourth-order valence-electron chi connectivity index (χ4n) is 2.10. The lowest BCUT2D eigenvalue weighted by Gasteiger charge is -2.24. The molecule has 0 atom stereocenters. The molecule has 0 radical (unpaired) electrons. The zero-order chi connectivity index (χ0) is 12.1. The second-order valence-corrected chi connectivity index (χ2v) is 5.19. The molecule has 0 amide bonds. The summed E-state index contributed by atoms with van der Waals surface area (Å²) >= 11 is 0. The van der Waals surface area contributed by atoms with Crippen LogP contribution in [0.4, 0.5) is 6.01 Å². The highest BCUT2D eigenvalue weighted by Crippen LogP contribution is 2.18. The van der Waals surface area contributed by atoms with Gasteiger partial charge in [-0.15, -0.1) is 0 Å². The summed E-state index contributed by atoms with van der Waals surface area (Å²) in [6, 6.07) is 0.797. The molecule has 96 valence electrons. The van der Waals surface area contributed by atoms with Gasteiger partial charge in [-0.25, -0.2) is 0 Å². The van der Waals surface area contributed by atoms with E-state index >= 15 is 0 Å².